The van der Waals surface area contributed by atoms with Crippen molar-refractivity contribution in [2.45, 2.75) is 44.1 Å². The van der Waals surface area contributed by atoms with E-state index in [1.54, 1.807) is 0 Å². The highest BCUT2D eigenvalue weighted by Gasteiger charge is 2.49. The number of aryl methyl sites for hydroxylation is 1. The van der Waals surface area contributed by atoms with Crippen LogP contribution in [0.3, 0.4) is 0 Å². The van der Waals surface area contributed by atoms with E-state index in [4.69, 9.17) is 0 Å². The van der Waals surface area contributed by atoms with E-state index < -0.39 is 5.41 Å². The summed E-state index contributed by atoms with van der Waals surface area (Å²) in [4.78, 5) is 27.5. The van der Waals surface area contributed by atoms with Crippen molar-refractivity contribution in [3.63, 3.8) is 0 Å². The van der Waals surface area contributed by atoms with Crippen molar-refractivity contribution >= 4 is 17.5 Å². The quantitative estimate of drug-likeness (QED) is 0.849. The summed E-state index contributed by atoms with van der Waals surface area (Å²) in [7, 11) is 0. The van der Waals surface area contributed by atoms with Gasteiger partial charge in [0.25, 0.3) is 5.91 Å². The molecular weight excluding hydrogens is 330 g/mol. The summed E-state index contributed by atoms with van der Waals surface area (Å²) in [6, 6.07) is 7.88. The molecule has 2 amide bonds. The molecule has 0 radical (unpaired) electrons. The number of piperidine rings is 1. The highest BCUT2D eigenvalue weighted by molar-refractivity contribution is 6.06. The third-order valence-corrected chi connectivity index (χ3v) is 6.08. The summed E-state index contributed by atoms with van der Waals surface area (Å²) >= 11 is 0. The van der Waals surface area contributed by atoms with Gasteiger partial charge in [-0.1, -0.05) is 18.2 Å². The summed E-state index contributed by atoms with van der Waals surface area (Å²) in [6.45, 7) is 1.93. The number of hydrogen-bond donors (Lipinski definition) is 1. The van der Waals surface area contributed by atoms with Crippen LogP contribution in [0.2, 0.25) is 0 Å². The van der Waals surface area contributed by atoms with Crippen molar-refractivity contribution < 1.29 is 9.59 Å². The zero-order valence-corrected chi connectivity index (χ0v) is 14.6. The summed E-state index contributed by atoms with van der Waals surface area (Å²) in [5.74, 6) is 1.36. The van der Waals surface area contributed by atoms with E-state index in [0.29, 0.717) is 31.8 Å². The van der Waals surface area contributed by atoms with E-state index in [-0.39, 0.29) is 11.8 Å². The van der Waals surface area contributed by atoms with Crippen LogP contribution in [-0.4, -0.2) is 44.6 Å². The molecule has 5 rings (SSSR count). The van der Waals surface area contributed by atoms with Crippen molar-refractivity contribution in [1.29, 1.82) is 0 Å². The maximum atomic E-state index is 13.0. The number of nitrogens with zero attached hydrogens (tertiary/aromatic N) is 4. The Balaban J connectivity index is 1.37. The summed E-state index contributed by atoms with van der Waals surface area (Å²) < 4.78 is 1.97. The molecule has 3 aliphatic rings. The number of fused-ring (bicyclic) bond motifs is 3. The number of aromatic nitrogens is 3. The van der Waals surface area contributed by atoms with Crippen LogP contribution in [0.5, 0.6) is 0 Å². The van der Waals surface area contributed by atoms with Crippen LogP contribution in [0.25, 0.3) is 0 Å². The summed E-state index contributed by atoms with van der Waals surface area (Å²) in [5, 5.41) is 11.3. The van der Waals surface area contributed by atoms with Gasteiger partial charge < -0.3 is 14.8 Å². The Labute approximate surface area is 151 Å². The SMILES string of the molecule is O=C(c1nnc2n1CCCC2)N1CCC2(CC1)C(=O)Nc1ccccc12. The highest BCUT2D eigenvalue weighted by atomic mass is 16.2. The van der Waals surface area contributed by atoms with Gasteiger partial charge in [-0.2, -0.15) is 0 Å². The lowest BCUT2D eigenvalue weighted by Gasteiger charge is -2.37. The Morgan fingerprint density at radius 2 is 1.88 bits per heavy atom. The number of likely N-dealkylation sites (tertiary alicyclic amines) is 1. The number of para-hydroxylation sites is 1. The van der Waals surface area contributed by atoms with Gasteiger partial charge >= 0.3 is 0 Å². The molecule has 1 N–H and O–H groups in total. The fourth-order valence-electron chi connectivity index (χ4n) is 4.57. The van der Waals surface area contributed by atoms with Crippen molar-refractivity contribution in [1.82, 2.24) is 19.7 Å². The monoisotopic (exact) mass is 351 g/mol. The van der Waals surface area contributed by atoms with Crippen LogP contribution in [0.1, 0.15) is 47.7 Å². The average Bonchev–Trinajstić information content (AvgIpc) is 3.22. The maximum Gasteiger partial charge on any atom is 0.291 e. The molecule has 134 valence electrons. The number of rotatable bonds is 1. The first kappa shape index (κ1) is 15.5. The van der Waals surface area contributed by atoms with Crippen molar-refractivity contribution in [2.75, 3.05) is 18.4 Å². The Hall–Kier alpha value is -2.70. The molecule has 4 heterocycles. The molecule has 2 aromatic rings. The molecular formula is C19H21N5O2. The number of carbonyl (C=O) groups is 2. The van der Waals surface area contributed by atoms with Crippen LogP contribution < -0.4 is 5.32 Å². The van der Waals surface area contributed by atoms with Crippen molar-refractivity contribution in [3.8, 4) is 0 Å². The zero-order chi connectivity index (χ0) is 17.7. The third kappa shape index (κ3) is 2.12. The molecule has 0 bridgehead atoms. The van der Waals surface area contributed by atoms with E-state index in [1.807, 2.05) is 33.7 Å². The van der Waals surface area contributed by atoms with Gasteiger partial charge in [-0.3, -0.25) is 9.59 Å². The molecule has 0 atom stereocenters. The van der Waals surface area contributed by atoms with Crippen LogP contribution in [0.15, 0.2) is 24.3 Å². The van der Waals surface area contributed by atoms with E-state index >= 15 is 0 Å². The predicted octanol–water partition coefficient (Wildman–Crippen LogP) is 1.74. The van der Waals surface area contributed by atoms with Gasteiger partial charge in [-0.15, -0.1) is 10.2 Å². The normalized spacial score (nSPS) is 20.6. The lowest BCUT2D eigenvalue weighted by atomic mass is 9.73. The Morgan fingerprint density at radius 3 is 2.73 bits per heavy atom. The molecule has 26 heavy (non-hydrogen) atoms. The zero-order valence-electron chi connectivity index (χ0n) is 14.6. The molecule has 1 saturated heterocycles. The lowest BCUT2D eigenvalue weighted by Crippen LogP contribution is -2.48. The minimum atomic E-state index is -0.502. The van der Waals surface area contributed by atoms with Crippen LogP contribution in [0, 0.1) is 0 Å². The smallest absolute Gasteiger partial charge is 0.291 e. The van der Waals surface area contributed by atoms with Gasteiger partial charge in [0.05, 0.1) is 5.41 Å². The van der Waals surface area contributed by atoms with E-state index in [0.717, 1.165) is 42.9 Å². The predicted molar refractivity (Wildman–Crippen MR) is 94.8 cm³/mol. The highest BCUT2D eigenvalue weighted by Crippen LogP contribution is 2.44. The van der Waals surface area contributed by atoms with Crippen LogP contribution >= 0.6 is 0 Å². The second-order valence-electron chi connectivity index (χ2n) is 7.42. The number of hydrogen-bond acceptors (Lipinski definition) is 4. The van der Waals surface area contributed by atoms with E-state index in [1.165, 1.54) is 0 Å². The molecule has 0 aliphatic carbocycles. The number of anilines is 1. The molecule has 0 saturated carbocycles. The summed E-state index contributed by atoms with van der Waals surface area (Å²) in [5.41, 5.74) is 1.47. The lowest BCUT2D eigenvalue weighted by molar-refractivity contribution is -0.122. The minimum Gasteiger partial charge on any atom is -0.336 e. The van der Waals surface area contributed by atoms with E-state index in [2.05, 4.69) is 15.5 Å². The first-order valence-corrected chi connectivity index (χ1v) is 9.31. The minimum absolute atomic E-state index is 0.0608. The maximum absolute atomic E-state index is 13.0. The Bertz CT molecular complexity index is 895. The number of nitrogens with one attached hydrogen (secondary N) is 1. The van der Waals surface area contributed by atoms with E-state index in [9.17, 15) is 9.59 Å². The average molecular weight is 351 g/mol. The molecule has 1 spiro atoms. The molecule has 1 aromatic carbocycles. The van der Waals surface area contributed by atoms with Crippen LogP contribution in [-0.2, 0) is 23.2 Å². The Morgan fingerprint density at radius 1 is 1.08 bits per heavy atom. The van der Waals surface area contributed by atoms with Gasteiger partial charge in [0.2, 0.25) is 11.7 Å². The molecule has 1 fully saturated rings. The Kier molecular flexibility index (Phi) is 3.38. The molecule has 1 aromatic heterocycles. The van der Waals surface area contributed by atoms with Gasteiger partial charge in [0, 0.05) is 31.7 Å². The largest absolute Gasteiger partial charge is 0.336 e. The van der Waals surface area contributed by atoms with Gasteiger partial charge in [0.1, 0.15) is 5.82 Å². The second-order valence-corrected chi connectivity index (χ2v) is 7.42. The number of benzene rings is 1. The summed E-state index contributed by atoms with van der Waals surface area (Å²) in [6.07, 6.45) is 4.34. The molecule has 7 heteroatoms. The van der Waals surface area contributed by atoms with Crippen molar-refractivity contribution in [3.05, 3.63) is 41.5 Å². The number of carbonyl (C=O) groups excluding carboxylic acids is 2. The number of amides is 2. The van der Waals surface area contributed by atoms with Gasteiger partial charge in [0.15, 0.2) is 0 Å². The third-order valence-electron chi connectivity index (χ3n) is 6.08. The van der Waals surface area contributed by atoms with Gasteiger partial charge in [-0.25, -0.2) is 0 Å². The fraction of sp³-hybridized carbons (Fsp3) is 0.474. The first-order chi connectivity index (χ1) is 12.7. The molecule has 3 aliphatic heterocycles. The standard InChI is InChI=1S/C19H21N5O2/c25-17(16-22-21-15-7-3-4-10-24(15)16)23-11-8-19(9-12-23)13-5-1-2-6-14(13)20-18(19)26/h1-2,5-6H,3-4,7-12H2,(H,20,26). The van der Waals surface area contributed by atoms with Gasteiger partial charge in [-0.05, 0) is 37.3 Å². The molecule has 0 unspecified atom stereocenters. The molecule has 7 nitrogen and oxygen atoms in total. The second kappa shape index (κ2) is 5.65. The fourth-order valence-corrected chi connectivity index (χ4v) is 4.57. The topological polar surface area (TPSA) is 80.1 Å². The first-order valence-electron chi connectivity index (χ1n) is 9.31. The van der Waals surface area contributed by atoms with Crippen LogP contribution in [0.4, 0.5) is 5.69 Å². The van der Waals surface area contributed by atoms with Crippen molar-refractivity contribution in [2.24, 2.45) is 0 Å².